The Kier molecular flexibility index (Phi) is 9.27. The molecular weight excluding hydrogens is 560 g/mol. The van der Waals surface area contributed by atoms with Gasteiger partial charge in [-0.25, -0.2) is 14.4 Å². The Balaban J connectivity index is 1.38. The number of aromatic nitrogens is 2. The van der Waals surface area contributed by atoms with E-state index in [-0.39, 0.29) is 37.8 Å². The van der Waals surface area contributed by atoms with Crippen LogP contribution in [0.5, 0.6) is 0 Å². The normalized spacial score (nSPS) is 16.5. The molecule has 0 N–H and O–H groups in total. The molecular formula is C34H42N4O6. The van der Waals surface area contributed by atoms with Crippen molar-refractivity contribution in [3.63, 3.8) is 0 Å². The number of carbonyl (C=O) groups excluding carboxylic acids is 3. The number of amides is 2. The Morgan fingerprint density at radius 1 is 0.955 bits per heavy atom. The van der Waals surface area contributed by atoms with Crippen LogP contribution in [0.4, 0.5) is 9.59 Å². The van der Waals surface area contributed by atoms with Gasteiger partial charge in [0.05, 0.1) is 25.0 Å². The number of carbonyl (C=O) groups is 3. The van der Waals surface area contributed by atoms with Crippen LogP contribution >= 0.6 is 0 Å². The summed E-state index contributed by atoms with van der Waals surface area (Å²) in [6, 6.07) is 16.2. The number of hydrogen-bond donors (Lipinski definition) is 0. The Bertz CT molecular complexity index is 1460. The molecule has 0 spiro atoms. The van der Waals surface area contributed by atoms with Crippen LogP contribution in [0, 0.1) is 0 Å². The molecule has 2 aromatic carbocycles. The van der Waals surface area contributed by atoms with Crippen molar-refractivity contribution in [3.8, 4) is 11.1 Å². The van der Waals surface area contributed by atoms with E-state index >= 15 is 0 Å². The van der Waals surface area contributed by atoms with Crippen LogP contribution in [0.3, 0.4) is 0 Å². The van der Waals surface area contributed by atoms with E-state index in [0.717, 1.165) is 22.3 Å². The highest BCUT2D eigenvalue weighted by Crippen LogP contribution is 2.44. The molecule has 1 fully saturated rings. The zero-order valence-electron chi connectivity index (χ0n) is 26.2. The lowest BCUT2D eigenvalue weighted by Crippen LogP contribution is -2.42. The third-order valence-corrected chi connectivity index (χ3v) is 8.24. The van der Waals surface area contributed by atoms with Crippen molar-refractivity contribution in [2.24, 2.45) is 7.05 Å². The fourth-order valence-electron chi connectivity index (χ4n) is 6.11. The molecule has 0 bridgehead atoms. The summed E-state index contributed by atoms with van der Waals surface area (Å²) >= 11 is 0. The number of ether oxygens (including phenoxy) is 3. The van der Waals surface area contributed by atoms with E-state index < -0.39 is 17.7 Å². The smallest absolute Gasteiger partial charge is 0.410 e. The van der Waals surface area contributed by atoms with Gasteiger partial charge in [-0.3, -0.25) is 9.58 Å². The third-order valence-electron chi connectivity index (χ3n) is 8.24. The topological polar surface area (TPSA) is 103 Å². The highest BCUT2D eigenvalue weighted by atomic mass is 16.6. The molecule has 2 heterocycles. The molecule has 0 saturated carbocycles. The Labute approximate surface area is 258 Å². The Morgan fingerprint density at radius 2 is 1.61 bits per heavy atom. The molecule has 1 saturated heterocycles. The monoisotopic (exact) mass is 602 g/mol. The van der Waals surface area contributed by atoms with Crippen molar-refractivity contribution >= 4 is 18.2 Å². The van der Waals surface area contributed by atoms with Gasteiger partial charge in [-0.15, -0.1) is 0 Å². The first-order valence-electron chi connectivity index (χ1n) is 15.3. The fourth-order valence-corrected chi connectivity index (χ4v) is 6.11. The van der Waals surface area contributed by atoms with E-state index in [1.165, 1.54) is 6.20 Å². The summed E-state index contributed by atoms with van der Waals surface area (Å²) < 4.78 is 18.6. The first-order chi connectivity index (χ1) is 21.1. The molecule has 3 aromatic rings. The maximum absolute atomic E-state index is 14.0. The fraction of sp³-hybridized carbons (Fsp3) is 0.471. The standard InChI is InChI=1S/C34H42N4O6/c1-6-42-31(39)28-20-35-36(5)30(28)21-38(23-12-11-18-37(19-17-23)32(40)44-34(2,3)4)33(41)43-22-29-26-15-9-7-13-24(26)25-14-8-10-16-27(25)29/h7-10,13-16,20,23,29H,6,11-12,17-19,21-22H2,1-5H3. The van der Waals surface area contributed by atoms with Crippen LogP contribution < -0.4 is 0 Å². The molecule has 2 amide bonds. The molecule has 1 aromatic heterocycles. The number of fused-ring (bicyclic) bond motifs is 3. The zero-order chi connectivity index (χ0) is 31.4. The number of nitrogens with zero attached hydrogens (tertiary/aromatic N) is 4. The molecule has 1 aliphatic heterocycles. The predicted molar refractivity (Wildman–Crippen MR) is 165 cm³/mol. The van der Waals surface area contributed by atoms with Crippen LogP contribution in [-0.4, -0.2) is 75.7 Å². The first kappa shape index (κ1) is 31.1. The van der Waals surface area contributed by atoms with Crippen molar-refractivity contribution < 1.29 is 28.6 Å². The maximum Gasteiger partial charge on any atom is 0.410 e. The molecule has 1 unspecified atom stereocenters. The lowest BCUT2D eigenvalue weighted by molar-refractivity contribution is 0.0251. The molecule has 5 rings (SSSR count). The van der Waals surface area contributed by atoms with Crippen LogP contribution in [0.2, 0.25) is 0 Å². The first-order valence-corrected chi connectivity index (χ1v) is 15.3. The summed E-state index contributed by atoms with van der Waals surface area (Å²) in [5.41, 5.74) is 4.85. The zero-order valence-corrected chi connectivity index (χ0v) is 26.2. The number of likely N-dealkylation sites (tertiary alicyclic amines) is 1. The van der Waals surface area contributed by atoms with Gasteiger partial charge in [0.1, 0.15) is 17.8 Å². The van der Waals surface area contributed by atoms with E-state index in [4.69, 9.17) is 14.2 Å². The van der Waals surface area contributed by atoms with Crippen LogP contribution in [0.1, 0.15) is 80.1 Å². The summed E-state index contributed by atoms with van der Waals surface area (Å²) in [7, 11) is 1.74. The van der Waals surface area contributed by atoms with Crippen molar-refractivity contribution in [2.45, 2.75) is 71.1 Å². The molecule has 44 heavy (non-hydrogen) atoms. The van der Waals surface area contributed by atoms with Gasteiger partial charge in [0, 0.05) is 32.1 Å². The van der Waals surface area contributed by atoms with Gasteiger partial charge in [0.25, 0.3) is 0 Å². The van der Waals surface area contributed by atoms with E-state index in [1.807, 2.05) is 45.0 Å². The third kappa shape index (κ3) is 6.74. The summed E-state index contributed by atoms with van der Waals surface area (Å²) in [5.74, 6) is -0.572. The summed E-state index contributed by atoms with van der Waals surface area (Å²) in [6.07, 6.45) is 2.53. The number of esters is 1. The molecule has 2 aliphatic rings. The molecule has 10 heteroatoms. The largest absolute Gasteiger partial charge is 0.462 e. The lowest BCUT2D eigenvalue weighted by Gasteiger charge is -2.31. The summed E-state index contributed by atoms with van der Waals surface area (Å²) in [5, 5.41) is 4.29. The van der Waals surface area contributed by atoms with Crippen molar-refractivity contribution in [2.75, 3.05) is 26.3 Å². The van der Waals surface area contributed by atoms with Gasteiger partial charge in [-0.05, 0) is 69.2 Å². The minimum absolute atomic E-state index is 0.0863. The average Bonchev–Trinajstić information content (AvgIpc) is 3.39. The number of aryl methyl sites for hydroxylation is 1. The average molecular weight is 603 g/mol. The molecule has 234 valence electrons. The van der Waals surface area contributed by atoms with Crippen molar-refractivity contribution in [1.29, 1.82) is 0 Å². The molecule has 1 aliphatic carbocycles. The predicted octanol–water partition coefficient (Wildman–Crippen LogP) is 6.14. The second-order valence-corrected chi connectivity index (χ2v) is 12.3. The van der Waals surface area contributed by atoms with E-state index in [0.29, 0.717) is 43.6 Å². The second kappa shape index (κ2) is 13.1. The van der Waals surface area contributed by atoms with Crippen LogP contribution in [-0.2, 0) is 27.8 Å². The van der Waals surface area contributed by atoms with Gasteiger partial charge in [0.2, 0.25) is 0 Å². The number of benzene rings is 2. The molecule has 1 atom stereocenters. The Morgan fingerprint density at radius 3 is 2.25 bits per heavy atom. The van der Waals surface area contributed by atoms with Crippen molar-refractivity contribution in [3.05, 3.63) is 77.1 Å². The van der Waals surface area contributed by atoms with E-state index in [2.05, 4.69) is 29.4 Å². The van der Waals surface area contributed by atoms with Gasteiger partial charge < -0.3 is 19.1 Å². The summed E-state index contributed by atoms with van der Waals surface area (Å²) in [6.45, 7) is 8.77. The van der Waals surface area contributed by atoms with Gasteiger partial charge in [-0.1, -0.05) is 48.5 Å². The highest BCUT2D eigenvalue weighted by molar-refractivity contribution is 5.90. The van der Waals surface area contributed by atoms with Crippen LogP contribution in [0.25, 0.3) is 11.1 Å². The Hall–Kier alpha value is -4.34. The van der Waals surface area contributed by atoms with Gasteiger partial charge in [0.15, 0.2) is 0 Å². The van der Waals surface area contributed by atoms with E-state index in [1.54, 1.807) is 28.5 Å². The number of hydrogen-bond acceptors (Lipinski definition) is 7. The van der Waals surface area contributed by atoms with Crippen LogP contribution in [0.15, 0.2) is 54.7 Å². The lowest BCUT2D eigenvalue weighted by atomic mass is 9.98. The molecule has 0 radical (unpaired) electrons. The maximum atomic E-state index is 14.0. The minimum atomic E-state index is -0.598. The SMILES string of the molecule is CCOC(=O)c1cnn(C)c1CN(C(=O)OCC1c2ccccc2-c2ccccc21)C1CCCN(C(=O)OC(C)(C)C)CC1. The van der Waals surface area contributed by atoms with Crippen molar-refractivity contribution in [1.82, 2.24) is 19.6 Å². The minimum Gasteiger partial charge on any atom is -0.462 e. The highest BCUT2D eigenvalue weighted by Gasteiger charge is 2.34. The summed E-state index contributed by atoms with van der Waals surface area (Å²) in [4.78, 5) is 43.0. The van der Waals surface area contributed by atoms with Gasteiger partial charge in [-0.2, -0.15) is 5.10 Å². The quantitative estimate of drug-likeness (QED) is 0.237. The second-order valence-electron chi connectivity index (χ2n) is 12.3. The van der Waals surface area contributed by atoms with E-state index in [9.17, 15) is 14.4 Å². The molecule has 10 nitrogen and oxygen atoms in total. The van der Waals surface area contributed by atoms with Gasteiger partial charge >= 0.3 is 18.2 Å². The number of rotatable bonds is 7.